The van der Waals surface area contributed by atoms with Crippen molar-refractivity contribution in [1.29, 1.82) is 0 Å². The topological polar surface area (TPSA) is 38.3 Å². The lowest BCUT2D eigenvalue weighted by Crippen LogP contribution is -2.20. The van der Waals surface area contributed by atoms with Crippen LogP contribution < -0.4 is 10.1 Å². The summed E-state index contributed by atoms with van der Waals surface area (Å²) in [5, 5.41) is 2.59. The molecule has 0 spiro atoms. The number of carbonyl (C=O) groups is 1. The molecule has 0 saturated heterocycles. The van der Waals surface area contributed by atoms with Gasteiger partial charge in [-0.2, -0.15) is 0 Å². The Morgan fingerprint density at radius 3 is 2.59 bits per heavy atom. The third kappa shape index (κ3) is 4.69. The van der Waals surface area contributed by atoms with Crippen LogP contribution in [-0.2, 0) is 4.79 Å². The maximum absolute atomic E-state index is 11.0. The Bertz CT molecular complexity index is 359. The zero-order valence-electron chi connectivity index (χ0n) is 10.6. The van der Waals surface area contributed by atoms with Crippen LogP contribution in [0.4, 0.5) is 0 Å². The van der Waals surface area contributed by atoms with Crippen LogP contribution in [0, 0.1) is 13.8 Å². The van der Waals surface area contributed by atoms with Crippen molar-refractivity contribution in [3.8, 4) is 5.75 Å². The number of carbonyl (C=O) groups excluding carboxylic acids is 1. The van der Waals surface area contributed by atoms with Gasteiger partial charge in [-0.1, -0.05) is 18.2 Å². The molecule has 0 unspecified atom stereocenters. The standard InChI is InChI=1S/C13H19NO2S/c1-10-5-4-6-11(2)13(10)16-7-8-17-9-12(15)14-3/h4-6H,7-9H2,1-3H3,(H,14,15). The highest BCUT2D eigenvalue weighted by molar-refractivity contribution is 7.99. The SMILES string of the molecule is CNC(=O)CSCCOc1c(C)cccc1C. The molecule has 1 N–H and O–H groups in total. The molecule has 0 atom stereocenters. The highest BCUT2D eigenvalue weighted by Crippen LogP contribution is 2.22. The summed E-state index contributed by atoms with van der Waals surface area (Å²) in [6, 6.07) is 6.11. The van der Waals surface area contributed by atoms with Gasteiger partial charge in [0.15, 0.2) is 0 Å². The number of ether oxygens (including phenoxy) is 1. The summed E-state index contributed by atoms with van der Waals surface area (Å²) in [6.07, 6.45) is 0. The van der Waals surface area contributed by atoms with Crippen molar-refractivity contribution in [2.24, 2.45) is 0 Å². The summed E-state index contributed by atoms with van der Waals surface area (Å²) in [5.41, 5.74) is 2.31. The van der Waals surface area contributed by atoms with E-state index in [1.165, 1.54) is 0 Å². The minimum atomic E-state index is 0.0575. The zero-order chi connectivity index (χ0) is 12.7. The van der Waals surface area contributed by atoms with E-state index in [2.05, 4.69) is 5.32 Å². The molecule has 94 valence electrons. The van der Waals surface area contributed by atoms with E-state index in [0.29, 0.717) is 12.4 Å². The van der Waals surface area contributed by atoms with E-state index in [4.69, 9.17) is 4.74 Å². The average Bonchev–Trinajstić information content (AvgIpc) is 2.31. The van der Waals surface area contributed by atoms with E-state index >= 15 is 0 Å². The van der Waals surface area contributed by atoms with Crippen LogP contribution >= 0.6 is 11.8 Å². The van der Waals surface area contributed by atoms with Crippen molar-refractivity contribution >= 4 is 17.7 Å². The van der Waals surface area contributed by atoms with Crippen molar-refractivity contribution < 1.29 is 9.53 Å². The molecule has 0 fully saturated rings. The molecule has 0 aromatic heterocycles. The first kappa shape index (κ1) is 13.9. The molecule has 1 aromatic carbocycles. The lowest BCUT2D eigenvalue weighted by Gasteiger charge is -2.11. The molecule has 3 nitrogen and oxygen atoms in total. The highest BCUT2D eigenvalue weighted by Gasteiger charge is 2.03. The van der Waals surface area contributed by atoms with Crippen molar-refractivity contribution in [1.82, 2.24) is 5.32 Å². The van der Waals surface area contributed by atoms with Crippen molar-refractivity contribution in [2.75, 3.05) is 25.2 Å². The number of hydrogen-bond donors (Lipinski definition) is 1. The summed E-state index contributed by atoms with van der Waals surface area (Å²) in [7, 11) is 1.65. The monoisotopic (exact) mass is 253 g/mol. The molecule has 4 heteroatoms. The molecule has 0 aliphatic carbocycles. The van der Waals surface area contributed by atoms with E-state index in [0.717, 1.165) is 22.6 Å². The Morgan fingerprint density at radius 2 is 2.00 bits per heavy atom. The summed E-state index contributed by atoms with van der Waals surface area (Å²) < 4.78 is 5.73. The van der Waals surface area contributed by atoms with Crippen molar-refractivity contribution in [3.05, 3.63) is 29.3 Å². The van der Waals surface area contributed by atoms with E-state index in [1.54, 1.807) is 18.8 Å². The summed E-state index contributed by atoms with van der Waals surface area (Å²) in [4.78, 5) is 11.0. The van der Waals surface area contributed by atoms with Crippen LogP contribution in [0.15, 0.2) is 18.2 Å². The molecule has 1 amide bonds. The number of nitrogens with one attached hydrogen (secondary N) is 1. The highest BCUT2D eigenvalue weighted by atomic mass is 32.2. The summed E-state index contributed by atoms with van der Waals surface area (Å²) >= 11 is 1.58. The largest absolute Gasteiger partial charge is 0.492 e. The first-order chi connectivity index (χ1) is 8.15. The van der Waals surface area contributed by atoms with Gasteiger partial charge in [0.2, 0.25) is 5.91 Å². The second-order valence-corrected chi connectivity index (χ2v) is 4.90. The number of rotatable bonds is 6. The first-order valence-electron chi connectivity index (χ1n) is 5.62. The summed E-state index contributed by atoms with van der Waals surface area (Å²) in [6.45, 7) is 4.72. The van der Waals surface area contributed by atoms with Crippen molar-refractivity contribution in [3.63, 3.8) is 0 Å². The lowest BCUT2D eigenvalue weighted by molar-refractivity contribution is -0.118. The summed E-state index contributed by atoms with van der Waals surface area (Å²) in [5.74, 6) is 2.34. The van der Waals surface area contributed by atoms with Gasteiger partial charge in [0.05, 0.1) is 12.4 Å². The van der Waals surface area contributed by atoms with E-state index < -0.39 is 0 Å². The fraction of sp³-hybridized carbons (Fsp3) is 0.462. The van der Waals surface area contributed by atoms with Gasteiger partial charge in [-0.3, -0.25) is 4.79 Å². The number of hydrogen-bond acceptors (Lipinski definition) is 3. The Hall–Kier alpha value is -1.16. The van der Waals surface area contributed by atoms with Gasteiger partial charge in [0, 0.05) is 12.8 Å². The van der Waals surface area contributed by atoms with Crippen LogP contribution in [0.5, 0.6) is 5.75 Å². The first-order valence-corrected chi connectivity index (χ1v) is 6.78. The molecule has 0 bridgehead atoms. The number of aryl methyl sites for hydroxylation is 2. The number of thioether (sulfide) groups is 1. The minimum Gasteiger partial charge on any atom is -0.492 e. The predicted octanol–water partition coefficient (Wildman–Crippen LogP) is 2.16. The molecule has 0 aliphatic rings. The van der Waals surface area contributed by atoms with E-state index in [1.807, 2.05) is 32.0 Å². The normalized spacial score (nSPS) is 10.1. The third-order valence-electron chi connectivity index (χ3n) is 2.39. The second-order valence-electron chi connectivity index (χ2n) is 3.80. The second kappa shape index (κ2) is 7.22. The molecular weight excluding hydrogens is 234 g/mol. The van der Waals surface area contributed by atoms with Gasteiger partial charge < -0.3 is 10.1 Å². The van der Waals surface area contributed by atoms with E-state index in [9.17, 15) is 4.79 Å². The molecule has 0 aliphatic heterocycles. The Morgan fingerprint density at radius 1 is 1.35 bits per heavy atom. The quantitative estimate of drug-likeness (QED) is 0.790. The van der Waals surface area contributed by atoms with Gasteiger partial charge in [-0.05, 0) is 25.0 Å². The molecule has 0 heterocycles. The predicted molar refractivity (Wildman–Crippen MR) is 72.8 cm³/mol. The average molecular weight is 253 g/mol. The van der Waals surface area contributed by atoms with Crippen LogP contribution in [0.25, 0.3) is 0 Å². The fourth-order valence-corrected chi connectivity index (χ4v) is 2.14. The molecule has 1 aromatic rings. The Balaban J connectivity index is 2.29. The molecular formula is C13H19NO2S. The minimum absolute atomic E-state index is 0.0575. The van der Waals surface area contributed by atoms with Gasteiger partial charge in [0.25, 0.3) is 0 Å². The van der Waals surface area contributed by atoms with Crippen LogP contribution in [0.1, 0.15) is 11.1 Å². The van der Waals surface area contributed by atoms with Gasteiger partial charge in [0.1, 0.15) is 5.75 Å². The maximum atomic E-state index is 11.0. The number of amides is 1. The van der Waals surface area contributed by atoms with Crippen LogP contribution in [0.3, 0.4) is 0 Å². The van der Waals surface area contributed by atoms with Gasteiger partial charge >= 0.3 is 0 Å². The maximum Gasteiger partial charge on any atom is 0.229 e. The van der Waals surface area contributed by atoms with Gasteiger partial charge in [-0.25, -0.2) is 0 Å². The lowest BCUT2D eigenvalue weighted by atomic mass is 10.1. The van der Waals surface area contributed by atoms with Crippen molar-refractivity contribution in [2.45, 2.75) is 13.8 Å². The molecule has 17 heavy (non-hydrogen) atoms. The Kier molecular flexibility index (Phi) is 5.91. The molecule has 0 radical (unpaired) electrons. The third-order valence-corrected chi connectivity index (χ3v) is 3.32. The molecule has 1 rings (SSSR count). The van der Waals surface area contributed by atoms with Crippen LogP contribution in [0.2, 0.25) is 0 Å². The zero-order valence-corrected chi connectivity index (χ0v) is 11.4. The van der Waals surface area contributed by atoms with Crippen LogP contribution in [-0.4, -0.2) is 31.1 Å². The van der Waals surface area contributed by atoms with E-state index in [-0.39, 0.29) is 5.91 Å². The smallest absolute Gasteiger partial charge is 0.229 e. The fourth-order valence-electron chi connectivity index (χ4n) is 1.47. The van der Waals surface area contributed by atoms with Gasteiger partial charge in [-0.15, -0.1) is 11.8 Å². The number of para-hydroxylation sites is 1. The Labute approximate surface area is 107 Å². The molecule has 0 saturated carbocycles. The number of benzene rings is 1.